The molecule has 6 nitrogen and oxygen atoms in total. The molecular formula is C20H17FN6. The minimum atomic E-state index is -0.273. The number of piperazine rings is 1. The van der Waals surface area contributed by atoms with Crippen LogP contribution >= 0.6 is 0 Å². The van der Waals surface area contributed by atoms with Crippen LogP contribution in [0.15, 0.2) is 55.0 Å². The van der Waals surface area contributed by atoms with Gasteiger partial charge in [-0.25, -0.2) is 14.4 Å². The van der Waals surface area contributed by atoms with Gasteiger partial charge in [0, 0.05) is 37.9 Å². The smallest absolute Gasteiger partial charge is 0.147 e. The maximum atomic E-state index is 13.1. The molecule has 0 spiro atoms. The average Bonchev–Trinajstić information content (AvgIpc) is 2.74. The summed E-state index contributed by atoms with van der Waals surface area (Å²) < 4.78 is 13.1. The van der Waals surface area contributed by atoms with Crippen LogP contribution in [-0.2, 0) is 0 Å². The van der Waals surface area contributed by atoms with Gasteiger partial charge in [-0.2, -0.15) is 5.26 Å². The zero-order valence-electron chi connectivity index (χ0n) is 14.6. The molecule has 27 heavy (non-hydrogen) atoms. The lowest BCUT2D eigenvalue weighted by atomic mass is 10.1. The maximum Gasteiger partial charge on any atom is 0.147 e. The predicted molar refractivity (Wildman–Crippen MR) is 101 cm³/mol. The summed E-state index contributed by atoms with van der Waals surface area (Å²) >= 11 is 0. The molecule has 2 aromatic heterocycles. The van der Waals surface area contributed by atoms with E-state index in [-0.39, 0.29) is 5.82 Å². The Morgan fingerprint density at radius 2 is 1.70 bits per heavy atom. The van der Waals surface area contributed by atoms with Gasteiger partial charge in [-0.1, -0.05) is 0 Å². The zero-order chi connectivity index (χ0) is 18.6. The molecule has 4 rings (SSSR count). The molecule has 1 aliphatic heterocycles. The first-order valence-corrected chi connectivity index (χ1v) is 8.67. The first kappa shape index (κ1) is 16.9. The van der Waals surface area contributed by atoms with Crippen molar-refractivity contribution >= 4 is 11.6 Å². The average molecular weight is 360 g/mol. The molecule has 1 aliphatic rings. The van der Waals surface area contributed by atoms with Gasteiger partial charge in [0.15, 0.2) is 0 Å². The molecule has 0 amide bonds. The third kappa shape index (κ3) is 3.55. The summed E-state index contributed by atoms with van der Waals surface area (Å²) in [6.45, 7) is 2.99. The summed E-state index contributed by atoms with van der Waals surface area (Å²) in [5, 5.41) is 9.27. The Morgan fingerprint density at radius 3 is 2.44 bits per heavy atom. The van der Waals surface area contributed by atoms with E-state index in [9.17, 15) is 9.65 Å². The SMILES string of the molecule is N#Cc1cccnc1N1CCN(c2cncc(-c3ccc(F)cc3)n2)CC1. The molecule has 1 aromatic carbocycles. The van der Waals surface area contributed by atoms with Gasteiger partial charge in [-0.15, -0.1) is 0 Å². The van der Waals surface area contributed by atoms with E-state index < -0.39 is 0 Å². The molecule has 0 atom stereocenters. The Labute approximate surface area is 156 Å². The van der Waals surface area contributed by atoms with Crippen LogP contribution in [0.2, 0.25) is 0 Å². The first-order chi connectivity index (χ1) is 13.2. The van der Waals surface area contributed by atoms with Gasteiger partial charge in [-0.3, -0.25) is 4.98 Å². The van der Waals surface area contributed by atoms with E-state index in [0.29, 0.717) is 11.3 Å². The third-order valence-electron chi connectivity index (χ3n) is 4.57. The molecule has 0 radical (unpaired) electrons. The number of rotatable bonds is 3. The normalized spacial score (nSPS) is 14.1. The van der Waals surface area contributed by atoms with Gasteiger partial charge < -0.3 is 9.80 Å². The van der Waals surface area contributed by atoms with Gasteiger partial charge in [0.2, 0.25) is 0 Å². The number of nitriles is 1. The van der Waals surface area contributed by atoms with Gasteiger partial charge in [0.1, 0.15) is 23.5 Å². The fourth-order valence-electron chi connectivity index (χ4n) is 3.15. The Hall–Kier alpha value is -3.53. The van der Waals surface area contributed by atoms with Crippen molar-refractivity contribution in [2.24, 2.45) is 0 Å². The van der Waals surface area contributed by atoms with Gasteiger partial charge in [-0.05, 0) is 36.4 Å². The number of nitrogens with zero attached hydrogens (tertiary/aromatic N) is 6. The second-order valence-corrected chi connectivity index (χ2v) is 6.23. The van der Waals surface area contributed by atoms with Crippen molar-refractivity contribution in [1.29, 1.82) is 5.26 Å². The lowest BCUT2D eigenvalue weighted by Crippen LogP contribution is -2.47. The van der Waals surface area contributed by atoms with Crippen molar-refractivity contribution in [3.8, 4) is 17.3 Å². The summed E-state index contributed by atoms with van der Waals surface area (Å²) in [4.78, 5) is 17.6. The minimum Gasteiger partial charge on any atom is -0.352 e. The second-order valence-electron chi connectivity index (χ2n) is 6.23. The van der Waals surface area contributed by atoms with Crippen LogP contribution in [0, 0.1) is 17.1 Å². The van der Waals surface area contributed by atoms with Gasteiger partial charge in [0.25, 0.3) is 0 Å². The van der Waals surface area contributed by atoms with Crippen molar-refractivity contribution in [2.45, 2.75) is 0 Å². The second kappa shape index (κ2) is 7.38. The Morgan fingerprint density at radius 1 is 0.963 bits per heavy atom. The minimum absolute atomic E-state index is 0.273. The van der Waals surface area contributed by atoms with E-state index in [0.717, 1.165) is 43.4 Å². The standard InChI is InChI=1S/C20H17FN6/c21-17-5-3-15(4-6-17)18-13-23-14-19(25-18)26-8-10-27(11-9-26)20-16(12-22)2-1-7-24-20/h1-7,13-14H,8-11H2. The highest BCUT2D eigenvalue weighted by Gasteiger charge is 2.21. The van der Waals surface area contributed by atoms with Crippen LogP contribution in [0.25, 0.3) is 11.3 Å². The number of halogens is 1. The molecule has 0 saturated carbocycles. The molecule has 0 N–H and O–H groups in total. The first-order valence-electron chi connectivity index (χ1n) is 8.67. The zero-order valence-corrected chi connectivity index (χ0v) is 14.6. The number of hydrogen-bond donors (Lipinski definition) is 0. The van der Waals surface area contributed by atoms with Crippen LogP contribution in [0.4, 0.5) is 16.0 Å². The molecule has 0 bridgehead atoms. The van der Waals surface area contributed by atoms with Crippen molar-refractivity contribution in [1.82, 2.24) is 15.0 Å². The van der Waals surface area contributed by atoms with E-state index in [1.807, 2.05) is 0 Å². The fraction of sp³-hybridized carbons (Fsp3) is 0.200. The van der Waals surface area contributed by atoms with Crippen molar-refractivity contribution in [2.75, 3.05) is 36.0 Å². The van der Waals surface area contributed by atoms with Crippen molar-refractivity contribution in [3.05, 3.63) is 66.4 Å². The van der Waals surface area contributed by atoms with Gasteiger partial charge in [0.05, 0.1) is 23.7 Å². The van der Waals surface area contributed by atoms with E-state index >= 15 is 0 Å². The predicted octanol–water partition coefficient (Wildman–Crippen LogP) is 2.88. The highest BCUT2D eigenvalue weighted by atomic mass is 19.1. The molecule has 0 unspecified atom stereocenters. The molecule has 1 fully saturated rings. The Kier molecular flexibility index (Phi) is 4.62. The largest absolute Gasteiger partial charge is 0.352 e. The number of aromatic nitrogens is 3. The summed E-state index contributed by atoms with van der Waals surface area (Å²) in [5.41, 5.74) is 2.13. The molecule has 134 valence electrons. The van der Waals surface area contributed by atoms with Crippen LogP contribution in [0.5, 0.6) is 0 Å². The van der Waals surface area contributed by atoms with Crippen LogP contribution in [0.3, 0.4) is 0 Å². The molecular weight excluding hydrogens is 343 g/mol. The number of anilines is 2. The van der Waals surface area contributed by atoms with Gasteiger partial charge >= 0.3 is 0 Å². The van der Waals surface area contributed by atoms with E-state index in [1.54, 1.807) is 42.9 Å². The Balaban J connectivity index is 1.49. The molecule has 1 saturated heterocycles. The number of pyridine rings is 1. The number of hydrogen-bond acceptors (Lipinski definition) is 6. The topological polar surface area (TPSA) is 68.9 Å². The summed E-state index contributed by atoms with van der Waals surface area (Å²) in [7, 11) is 0. The molecule has 7 heteroatoms. The lowest BCUT2D eigenvalue weighted by molar-refractivity contribution is 0.628. The van der Waals surface area contributed by atoms with Crippen LogP contribution in [-0.4, -0.2) is 41.1 Å². The van der Waals surface area contributed by atoms with E-state index in [2.05, 4.69) is 30.8 Å². The quantitative estimate of drug-likeness (QED) is 0.715. The van der Waals surface area contributed by atoms with Crippen molar-refractivity contribution in [3.63, 3.8) is 0 Å². The lowest BCUT2D eigenvalue weighted by Gasteiger charge is -2.36. The molecule has 3 aromatic rings. The summed E-state index contributed by atoms with van der Waals surface area (Å²) in [6.07, 6.45) is 5.13. The van der Waals surface area contributed by atoms with Crippen molar-refractivity contribution < 1.29 is 4.39 Å². The number of benzene rings is 1. The fourth-order valence-corrected chi connectivity index (χ4v) is 3.15. The van der Waals surface area contributed by atoms with E-state index in [1.165, 1.54) is 12.1 Å². The highest BCUT2D eigenvalue weighted by Crippen LogP contribution is 2.23. The van der Waals surface area contributed by atoms with Crippen LogP contribution in [0.1, 0.15) is 5.56 Å². The van der Waals surface area contributed by atoms with E-state index in [4.69, 9.17) is 0 Å². The molecule has 0 aliphatic carbocycles. The Bertz CT molecular complexity index is 974. The highest BCUT2D eigenvalue weighted by molar-refractivity contribution is 5.60. The third-order valence-corrected chi connectivity index (χ3v) is 4.57. The summed E-state index contributed by atoms with van der Waals surface area (Å²) in [5.74, 6) is 1.24. The maximum absolute atomic E-state index is 13.1. The summed E-state index contributed by atoms with van der Waals surface area (Å²) in [6, 6.07) is 12.0. The molecule has 3 heterocycles. The monoisotopic (exact) mass is 360 g/mol. The van der Waals surface area contributed by atoms with Crippen LogP contribution < -0.4 is 9.80 Å².